The fourth-order valence-electron chi connectivity index (χ4n) is 6.58. The smallest absolute Gasteiger partial charge is 0.303 e. The van der Waals surface area contributed by atoms with Crippen LogP contribution in [0.1, 0.15) is 94.5 Å². The molecule has 34 heavy (non-hydrogen) atoms. The maximum atomic E-state index is 12.6. The Morgan fingerprint density at radius 2 is 2.12 bits per heavy atom. The van der Waals surface area contributed by atoms with Gasteiger partial charge in [-0.05, 0) is 50.4 Å². The molecular weight excluding hydrogens is 430 g/mol. The fourth-order valence-corrected chi connectivity index (χ4v) is 6.58. The number of aromatic nitrogens is 2. The van der Waals surface area contributed by atoms with E-state index in [9.17, 15) is 14.7 Å². The molecular formula is C27H41N3O4. The number of carbonyl (C=O) groups is 2. The van der Waals surface area contributed by atoms with Gasteiger partial charge in [-0.15, -0.1) is 0 Å². The van der Waals surface area contributed by atoms with Gasteiger partial charge in [-0.2, -0.15) is 0 Å². The van der Waals surface area contributed by atoms with E-state index in [1.165, 1.54) is 44.9 Å². The van der Waals surface area contributed by atoms with Crippen LogP contribution in [0.5, 0.6) is 0 Å². The van der Waals surface area contributed by atoms with Crippen molar-refractivity contribution in [2.75, 3.05) is 6.54 Å². The van der Waals surface area contributed by atoms with Crippen LogP contribution >= 0.6 is 0 Å². The van der Waals surface area contributed by atoms with Crippen molar-refractivity contribution in [3.05, 3.63) is 30.4 Å². The number of nitrogens with one attached hydrogen (secondary N) is 1. The number of hydrogen-bond donors (Lipinski definition) is 2. The van der Waals surface area contributed by atoms with Crippen LogP contribution < -0.4 is 5.32 Å². The zero-order valence-corrected chi connectivity index (χ0v) is 20.6. The van der Waals surface area contributed by atoms with E-state index in [0.717, 1.165) is 31.6 Å². The van der Waals surface area contributed by atoms with Crippen molar-refractivity contribution in [3.8, 4) is 0 Å². The summed E-state index contributed by atoms with van der Waals surface area (Å²) in [5.74, 6) is 0.0930. The first-order valence-electron chi connectivity index (χ1n) is 13.3. The van der Waals surface area contributed by atoms with Gasteiger partial charge in [0.1, 0.15) is 5.69 Å². The molecule has 3 aliphatic rings. The lowest BCUT2D eigenvalue weighted by Gasteiger charge is -2.36. The molecule has 188 valence electrons. The van der Waals surface area contributed by atoms with Crippen LogP contribution in [0.4, 0.5) is 0 Å². The number of imidazole rings is 1. The molecule has 1 aliphatic carbocycles. The number of ether oxygens (including phenoxy) is 1. The number of rotatable bonds is 12. The highest BCUT2D eigenvalue weighted by Gasteiger charge is 2.55. The molecule has 0 spiro atoms. The van der Waals surface area contributed by atoms with E-state index in [0.29, 0.717) is 18.8 Å². The maximum absolute atomic E-state index is 12.6. The summed E-state index contributed by atoms with van der Waals surface area (Å²) in [6, 6.07) is 0. The number of carboxylic acids is 1. The van der Waals surface area contributed by atoms with Crippen LogP contribution in [0, 0.1) is 17.8 Å². The highest BCUT2D eigenvalue weighted by atomic mass is 16.5. The Hall–Kier alpha value is -2.15. The normalized spacial score (nSPS) is 27.9. The molecule has 2 saturated heterocycles. The quantitative estimate of drug-likeness (QED) is 0.332. The number of allylic oxidation sites excluding steroid dienone is 2. The van der Waals surface area contributed by atoms with E-state index in [2.05, 4.69) is 10.3 Å². The number of carbonyl (C=O) groups excluding carboxylic acids is 1. The predicted octanol–water partition coefficient (Wildman–Crippen LogP) is 4.97. The van der Waals surface area contributed by atoms with Crippen LogP contribution in [-0.2, 0) is 16.1 Å². The van der Waals surface area contributed by atoms with Crippen LogP contribution in [0.3, 0.4) is 0 Å². The second-order valence-corrected chi connectivity index (χ2v) is 10.7. The number of nitrogens with zero attached hydrogens (tertiary/aromatic N) is 2. The number of aliphatic carboxylic acids is 1. The number of fused-ring (bicyclic) bond motifs is 2. The molecule has 3 fully saturated rings. The van der Waals surface area contributed by atoms with Crippen molar-refractivity contribution in [2.24, 2.45) is 17.8 Å². The van der Waals surface area contributed by atoms with Gasteiger partial charge in [0.25, 0.3) is 5.91 Å². The third-order valence-electron chi connectivity index (χ3n) is 8.22. The second kappa shape index (κ2) is 11.5. The summed E-state index contributed by atoms with van der Waals surface area (Å²) in [7, 11) is 0. The van der Waals surface area contributed by atoms with Crippen molar-refractivity contribution in [2.45, 2.75) is 102 Å². The van der Waals surface area contributed by atoms with Gasteiger partial charge >= 0.3 is 5.97 Å². The molecule has 2 bridgehead atoms. The lowest BCUT2D eigenvalue weighted by atomic mass is 9.70. The molecule has 4 unspecified atom stereocenters. The zero-order chi connectivity index (χ0) is 24.0. The lowest BCUT2D eigenvalue weighted by molar-refractivity contribution is -0.138. The van der Waals surface area contributed by atoms with Gasteiger partial charge in [-0.25, -0.2) is 4.98 Å². The maximum Gasteiger partial charge on any atom is 0.303 e. The summed E-state index contributed by atoms with van der Waals surface area (Å²) < 4.78 is 8.37. The molecule has 1 amide bonds. The third-order valence-corrected chi connectivity index (χ3v) is 8.22. The topological polar surface area (TPSA) is 93.5 Å². The Bertz CT molecular complexity index is 860. The van der Waals surface area contributed by atoms with Crippen LogP contribution in [-0.4, -0.2) is 44.8 Å². The zero-order valence-electron chi connectivity index (χ0n) is 20.6. The van der Waals surface area contributed by atoms with E-state index in [1.54, 1.807) is 12.5 Å². The monoisotopic (exact) mass is 471 g/mol. The van der Waals surface area contributed by atoms with Crippen molar-refractivity contribution in [3.63, 3.8) is 0 Å². The van der Waals surface area contributed by atoms with Gasteiger partial charge in [-0.3, -0.25) is 9.59 Å². The van der Waals surface area contributed by atoms with E-state index in [1.807, 2.05) is 23.6 Å². The van der Waals surface area contributed by atoms with Gasteiger partial charge in [0.2, 0.25) is 0 Å². The summed E-state index contributed by atoms with van der Waals surface area (Å²) >= 11 is 0. The molecule has 1 aromatic heterocycles. The largest absolute Gasteiger partial charge is 0.481 e. The van der Waals surface area contributed by atoms with Crippen molar-refractivity contribution in [1.82, 2.24) is 14.9 Å². The molecule has 4 rings (SSSR count). The summed E-state index contributed by atoms with van der Waals surface area (Å²) in [5, 5.41) is 12.4. The third kappa shape index (κ3) is 6.09. The molecule has 7 nitrogen and oxygen atoms in total. The van der Waals surface area contributed by atoms with Gasteiger partial charge in [0.05, 0.1) is 31.0 Å². The molecule has 0 radical (unpaired) electrons. The first kappa shape index (κ1) is 25.0. The molecule has 3 heterocycles. The summed E-state index contributed by atoms with van der Waals surface area (Å²) in [6.45, 7) is 3.23. The Balaban J connectivity index is 1.29. The number of hydrogen-bond acceptors (Lipinski definition) is 4. The Labute approximate surface area is 203 Å². The van der Waals surface area contributed by atoms with Crippen LogP contribution in [0.15, 0.2) is 24.7 Å². The minimum absolute atomic E-state index is 0.0484. The molecule has 2 N–H and O–H groups in total. The number of amides is 1. The van der Waals surface area contributed by atoms with E-state index in [-0.39, 0.29) is 30.3 Å². The molecule has 4 atom stereocenters. The Morgan fingerprint density at radius 3 is 2.85 bits per heavy atom. The first-order chi connectivity index (χ1) is 16.5. The minimum Gasteiger partial charge on any atom is -0.481 e. The second-order valence-electron chi connectivity index (χ2n) is 10.7. The highest BCUT2D eigenvalue weighted by molar-refractivity contribution is 5.91. The van der Waals surface area contributed by atoms with Gasteiger partial charge < -0.3 is 19.7 Å². The SMILES string of the molecule is CC=CC(CC(=O)O)C1CC2CCC1(Cn1cnc(C(=O)NCCCCC3CCCCC3)c1)O2. The fraction of sp³-hybridized carbons (Fsp3) is 0.741. The Morgan fingerprint density at radius 1 is 1.29 bits per heavy atom. The summed E-state index contributed by atoms with van der Waals surface area (Å²) in [6.07, 6.45) is 21.0. The van der Waals surface area contributed by atoms with Crippen molar-refractivity contribution < 1.29 is 19.4 Å². The average Bonchev–Trinajstić information content (AvgIpc) is 3.54. The molecule has 2 aliphatic heterocycles. The van der Waals surface area contributed by atoms with E-state index >= 15 is 0 Å². The lowest BCUT2D eigenvalue weighted by Crippen LogP contribution is -2.42. The van der Waals surface area contributed by atoms with E-state index in [4.69, 9.17) is 4.74 Å². The molecule has 0 aromatic carbocycles. The van der Waals surface area contributed by atoms with Gasteiger partial charge in [-0.1, -0.05) is 57.1 Å². The first-order valence-corrected chi connectivity index (χ1v) is 13.3. The standard InChI is InChI=1S/C27H41N3O4/c1-2-8-21(15-25(31)32)23-16-22-12-13-27(23,34-22)18-30-17-24(29-19-30)26(33)28-14-7-6-11-20-9-4-3-5-10-20/h2,8,17,19-23H,3-7,9-16,18H2,1H3,(H,28,33)(H,31,32). The Kier molecular flexibility index (Phi) is 8.46. The summed E-state index contributed by atoms with van der Waals surface area (Å²) in [5.41, 5.74) is 0.0426. The summed E-state index contributed by atoms with van der Waals surface area (Å²) in [4.78, 5) is 28.4. The molecule has 1 saturated carbocycles. The number of carboxylic acid groups (broad SMARTS) is 1. The predicted molar refractivity (Wildman–Crippen MR) is 130 cm³/mol. The molecule has 1 aromatic rings. The minimum atomic E-state index is -0.777. The number of unbranched alkanes of at least 4 members (excludes halogenated alkanes) is 1. The van der Waals surface area contributed by atoms with Crippen molar-refractivity contribution in [1.29, 1.82) is 0 Å². The van der Waals surface area contributed by atoms with Crippen LogP contribution in [0.25, 0.3) is 0 Å². The van der Waals surface area contributed by atoms with Crippen LogP contribution in [0.2, 0.25) is 0 Å². The average molecular weight is 472 g/mol. The van der Waals surface area contributed by atoms with Gasteiger partial charge in [0.15, 0.2) is 0 Å². The highest BCUT2D eigenvalue weighted by Crippen LogP contribution is 2.52. The van der Waals surface area contributed by atoms with Gasteiger partial charge in [0, 0.05) is 12.7 Å². The van der Waals surface area contributed by atoms with E-state index < -0.39 is 11.6 Å². The van der Waals surface area contributed by atoms with Crippen molar-refractivity contribution >= 4 is 11.9 Å². The molecule has 7 heteroatoms.